The van der Waals surface area contributed by atoms with Crippen LogP contribution in [-0.4, -0.2) is 40.4 Å². The lowest BCUT2D eigenvalue weighted by molar-refractivity contribution is 0.131. The SMILES string of the molecule is CC(C)CN(CC(C)C)SN(C)C(=O)Oc1cccc2c1OC(C)(C)C2. The third-order valence-corrected chi connectivity index (χ3v) is 4.81. The summed E-state index contributed by atoms with van der Waals surface area (Å²) in [4.78, 5) is 12.6. The summed E-state index contributed by atoms with van der Waals surface area (Å²) >= 11 is 1.41. The van der Waals surface area contributed by atoms with Gasteiger partial charge in [-0.1, -0.05) is 39.8 Å². The van der Waals surface area contributed by atoms with Crippen LogP contribution < -0.4 is 9.47 Å². The first-order chi connectivity index (χ1) is 12.1. The number of hydrogen-bond donors (Lipinski definition) is 0. The van der Waals surface area contributed by atoms with E-state index >= 15 is 0 Å². The van der Waals surface area contributed by atoms with Crippen molar-refractivity contribution < 1.29 is 14.3 Å². The molecule has 5 nitrogen and oxygen atoms in total. The molecule has 1 amide bonds. The van der Waals surface area contributed by atoms with Gasteiger partial charge < -0.3 is 9.47 Å². The second kappa shape index (κ2) is 8.53. The van der Waals surface area contributed by atoms with Crippen LogP contribution in [0.15, 0.2) is 18.2 Å². The molecule has 1 aliphatic heterocycles. The summed E-state index contributed by atoms with van der Waals surface area (Å²) < 4.78 is 15.4. The number of carbonyl (C=O) groups is 1. The van der Waals surface area contributed by atoms with E-state index in [1.807, 2.05) is 26.0 Å². The zero-order valence-electron chi connectivity index (χ0n) is 17.0. The average Bonchev–Trinajstić information content (AvgIpc) is 2.80. The maximum atomic E-state index is 12.6. The van der Waals surface area contributed by atoms with Gasteiger partial charge in [-0.05, 0) is 31.7 Å². The fourth-order valence-corrected chi connectivity index (χ4v) is 4.17. The van der Waals surface area contributed by atoms with Gasteiger partial charge in [-0.3, -0.25) is 0 Å². The van der Waals surface area contributed by atoms with Gasteiger partial charge in [-0.2, -0.15) is 0 Å². The molecule has 1 aromatic rings. The van der Waals surface area contributed by atoms with Crippen molar-refractivity contribution in [2.24, 2.45) is 11.8 Å². The van der Waals surface area contributed by atoms with Crippen molar-refractivity contribution in [2.45, 2.75) is 53.6 Å². The zero-order valence-corrected chi connectivity index (χ0v) is 17.9. The Bertz CT molecular complexity index is 621. The second-order valence-electron chi connectivity index (χ2n) is 8.36. The maximum absolute atomic E-state index is 12.6. The first-order valence-electron chi connectivity index (χ1n) is 9.27. The van der Waals surface area contributed by atoms with Gasteiger partial charge in [0.15, 0.2) is 11.5 Å². The number of benzene rings is 1. The third kappa shape index (κ3) is 5.81. The van der Waals surface area contributed by atoms with E-state index in [-0.39, 0.29) is 5.60 Å². The highest BCUT2D eigenvalue weighted by molar-refractivity contribution is 7.95. The molecule has 26 heavy (non-hydrogen) atoms. The smallest absolute Gasteiger partial charge is 0.426 e. The van der Waals surface area contributed by atoms with Gasteiger partial charge >= 0.3 is 6.09 Å². The van der Waals surface area contributed by atoms with Crippen LogP contribution >= 0.6 is 12.1 Å². The van der Waals surface area contributed by atoms with Crippen LogP contribution in [0.1, 0.15) is 47.1 Å². The van der Waals surface area contributed by atoms with Crippen molar-refractivity contribution in [1.82, 2.24) is 8.61 Å². The molecule has 0 fully saturated rings. The van der Waals surface area contributed by atoms with Gasteiger partial charge in [0.1, 0.15) is 5.60 Å². The Hall–Kier alpha value is -1.40. The molecule has 6 heteroatoms. The molecule has 0 saturated carbocycles. The van der Waals surface area contributed by atoms with E-state index in [2.05, 4.69) is 32.0 Å². The average molecular weight is 381 g/mol. The lowest BCUT2D eigenvalue weighted by atomic mass is 10.0. The second-order valence-corrected chi connectivity index (χ2v) is 9.59. The molecular weight excluding hydrogens is 348 g/mol. The summed E-state index contributed by atoms with van der Waals surface area (Å²) in [6.07, 6.45) is 0.420. The summed E-state index contributed by atoms with van der Waals surface area (Å²) in [7, 11) is 1.74. The van der Waals surface area contributed by atoms with E-state index in [4.69, 9.17) is 9.47 Å². The van der Waals surface area contributed by atoms with Gasteiger partial charge in [0.05, 0.1) is 0 Å². The molecule has 0 saturated heterocycles. The minimum Gasteiger partial charge on any atom is -0.483 e. The molecule has 0 bridgehead atoms. The summed E-state index contributed by atoms with van der Waals surface area (Å²) in [5.74, 6) is 2.23. The topological polar surface area (TPSA) is 42.0 Å². The van der Waals surface area contributed by atoms with Crippen LogP contribution in [0.25, 0.3) is 0 Å². The lowest BCUT2D eigenvalue weighted by Crippen LogP contribution is -2.33. The predicted molar refractivity (Wildman–Crippen MR) is 107 cm³/mol. The standard InChI is InChI=1S/C20H32N2O3S/c1-14(2)12-22(13-15(3)4)26-21(7)19(23)24-17-10-8-9-16-11-20(5,6)25-18(16)17/h8-10,14-15H,11-13H2,1-7H3. The molecule has 0 unspecified atom stereocenters. The normalized spacial score (nSPS) is 15.3. The van der Waals surface area contributed by atoms with E-state index in [9.17, 15) is 4.79 Å². The van der Waals surface area contributed by atoms with Crippen LogP contribution in [0.3, 0.4) is 0 Å². The molecular formula is C20H32N2O3S. The van der Waals surface area contributed by atoms with Crippen molar-refractivity contribution in [1.29, 1.82) is 0 Å². The van der Waals surface area contributed by atoms with Crippen LogP contribution in [0.5, 0.6) is 11.5 Å². The molecule has 0 aliphatic carbocycles. The molecule has 0 atom stereocenters. The highest BCUT2D eigenvalue weighted by Gasteiger charge is 2.33. The number of para-hydroxylation sites is 1. The molecule has 1 heterocycles. The quantitative estimate of drug-likeness (QED) is 0.622. The van der Waals surface area contributed by atoms with Gasteiger partial charge in [0, 0.05) is 44.3 Å². The Morgan fingerprint density at radius 2 is 1.85 bits per heavy atom. The fourth-order valence-electron chi connectivity index (χ4n) is 2.99. The lowest BCUT2D eigenvalue weighted by Gasteiger charge is -2.28. The largest absolute Gasteiger partial charge is 0.483 e. The Kier molecular flexibility index (Phi) is 6.86. The summed E-state index contributed by atoms with van der Waals surface area (Å²) in [6, 6.07) is 5.71. The van der Waals surface area contributed by atoms with Crippen molar-refractivity contribution in [3.8, 4) is 11.5 Å². The predicted octanol–water partition coefficient (Wildman–Crippen LogP) is 5.01. The highest BCUT2D eigenvalue weighted by Crippen LogP contribution is 2.42. The van der Waals surface area contributed by atoms with Gasteiger partial charge in [0.2, 0.25) is 0 Å². The molecule has 1 aromatic carbocycles. The zero-order chi connectivity index (χ0) is 19.5. The minimum absolute atomic E-state index is 0.267. The van der Waals surface area contributed by atoms with Crippen molar-refractivity contribution >= 4 is 18.2 Å². The fraction of sp³-hybridized carbons (Fsp3) is 0.650. The van der Waals surface area contributed by atoms with Crippen molar-refractivity contribution in [3.05, 3.63) is 23.8 Å². The van der Waals surface area contributed by atoms with Gasteiger partial charge in [0.25, 0.3) is 0 Å². The third-order valence-electron chi connectivity index (χ3n) is 3.88. The maximum Gasteiger partial charge on any atom is 0.426 e. The molecule has 0 radical (unpaired) electrons. The number of nitrogens with zero attached hydrogens (tertiary/aromatic N) is 2. The summed E-state index contributed by atoms with van der Waals surface area (Å²) in [5.41, 5.74) is 0.813. The molecule has 146 valence electrons. The first kappa shape index (κ1) is 20.9. The monoisotopic (exact) mass is 380 g/mol. The first-order valence-corrected chi connectivity index (χ1v) is 10.00. The number of hydrogen-bond acceptors (Lipinski definition) is 5. The Morgan fingerprint density at radius 3 is 2.42 bits per heavy atom. The number of amides is 1. The van der Waals surface area contributed by atoms with Crippen LogP contribution in [-0.2, 0) is 6.42 Å². The highest BCUT2D eigenvalue weighted by atomic mass is 32.2. The van der Waals surface area contributed by atoms with E-state index in [1.54, 1.807) is 17.4 Å². The van der Waals surface area contributed by atoms with E-state index in [0.717, 1.165) is 25.1 Å². The molecule has 0 N–H and O–H groups in total. The van der Waals surface area contributed by atoms with E-state index < -0.39 is 6.09 Å². The Balaban J connectivity index is 2.02. The minimum atomic E-state index is -0.394. The Morgan fingerprint density at radius 1 is 1.23 bits per heavy atom. The number of ether oxygens (including phenoxy) is 2. The summed E-state index contributed by atoms with van der Waals surface area (Å²) in [6.45, 7) is 14.6. The van der Waals surface area contributed by atoms with Crippen LogP contribution in [0.2, 0.25) is 0 Å². The van der Waals surface area contributed by atoms with E-state index in [1.165, 1.54) is 12.1 Å². The molecule has 0 spiro atoms. The van der Waals surface area contributed by atoms with Gasteiger partial charge in [-0.15, -0.1) is 0 Å². The number of fused-ring (bicyclic) bond motifs is 1. The van der Waals surface area contributed by atoms with Crippen LogP contribution in [0.4, 0.5) is 4.79 Å². The van der Waals surface area contributed by atoms with Gasteiger partial charge in [-0.25, -0.2) is 13.4 Å². The number of rotatable bonds is 7. The Labute approximate surface area is 162 Å². The molecule has 2 rings (SSSR count). The summed E-state index contributed by atoms with van der Waals surface area (Å²) in [5, 5.41) is 0. The van der Waals surface area contributed by atoms with E-state index in [0.29, 0.717) is 23.3 Å². The number of carbonyl (C=O) groups excluding carboxylic acids is 1. The van der Waals surface area contributed by atoms with Crippen molar-refractivity contribution in [2.75, 3.05) is 20.1 Å². The molecule has 1 aliphatic rings. The van der Waals surface area contributed by atoms with Crippen LogP contribution in [0, 0.1) is 11.8 Å². The van der Waals surface area contributed by atoms with Crippen molar-refractivity contribution in [3.63, 3.8) is 0 Å². The molecule has 0 aromatic heterocycles.